The van der Waals surface area contributed by atoms with Crippen molar-refractivity contribution in [2.75, 3.05) is 18.8 Å². The molecule has 0 saturated carbocycles. The number of hydroxylamine groups is 1. The van der Waals surface area contributed by atoms with Crippen molar-refractivity contribution >= 4 is 57.0 Å². The summed E-state index contributed by atoms with van der Waals surface area (Å²) < 4.78 is 25.8. The summed E-state index contributed by atoms with van der Waals surface area (Å²) in [6.07, 6.45) is 1.24. The van der Waals surface area contributed by atoms with E-state index in [-0.39, 0.29) is 50.0 Å². The van der Waals surface area contributed by atoms with Gasteiger partial charge in [0.15, 0.2) is 9.84 Å². The number of aromatic nitrogens is 1. The van der Waals surface area contributed by atoms with Gasteiger partial charge in [0, 0.05) is 39.8 Å². The number of rotatable bonds is 6. The van der Waals surface area contributed by atoms with Crippen LogP contribution in [0.1, 0.15) is 23.4 Å². The zero-order valence-electron chi connectivity index (χ0n) is 19.1. The summed E-state index contributed by atoms with van der Waals surface area (Å²) in [5, 5.41) is 9.79. The van der Waals surface area contributed by atoms with E-state index in [1.54, 1.807) is 48.1 Å². The molecule has 1 saturated heterocycles. The van der Waals surface area contributed by atoms with Crippen LogP contribution in [0.4, 0.5) is 0 Å². The van der Waals surface area contributed by atoms with Crippen molar-refractivity contribution < 1.29 is 23.2 Å². The third-order valence-corrected chi connectivity index (χ3v) is 10.4. The molecule has 2 aromatic heterocycles. The van der Waals surface area contributed by atoms with Crippen LogP contribution < -0.4 is 5.48 Å². The molecule has 2 N–H and O–H groups in total. The molecular weight excluding hydrogens is 545 g/mol. The van der Waals surface area contributed by atoms with E-state index >= 15 is 0 Å². The predicted molar refractivity (Wildman–Crippen MR) is 141 cm³/mol. The molecule has 0 bridgehead atoms. The molecule has 12 heteroatoms. The third kappa shape index (κ3) is 5.90. The Morgan fingerprint density at radius 2 is 1.86 bits per heavy atom. The standard InChI is InChI=1S/C24H24ClN3O5S2.ClH/c25-18-6-4-17(5-7-18)20-8-9-21(34-20)24(16-22(29)27-31)10-12-28(13-14-35(24,32)33)23(30)15-19-3-1-2-11-26-19;/h1-9,11,31H,10,12-16H2,(H,27,29);1H/t24-;/m0./s1. The van der Waals surface area contributed by atoms with E-state index in [4.69, 9.17) is 11.6 Å². The van der Waals surface area contributed by atoms with Crippen molar-refractivity contribution in [2.24, 2.45) is 0 Å². The van der Waals surface area contributed by atoms with Gasteiger partial charge in [-0.3, -0.25) is 19.8 Å². The molecule has 0 aliphatic carbocycles. The molecule has 3 heterocycles. The summed E-state index contributed by atoms with van der Waals surface area (Å²) in [6, 6.07) is 16.0. The van der Waals surface area contributed by atoms with Crippen molar-refractivity contribution in [1.82, 2.24) is 15.4 Å². The molecular formula is C24H25Cl2N3O5S2. The van der Waals surface area contributed by atoms with E-state index in [1.807, 2.05) is 18.2 Å². The first kappa shape index (κ1) is 28.1. The number of sulfone groups is 1. The number of hydrogen-bond acceptors (Lipinski definition) is 7. The Hall–Kier alpha value is -2.50. The molecule has 192 valence electrons. The summed E-state index contributed by atoms with van der Waals surface area (Å²) in [5.74, 6) is -1.33. The zero-order valence-corrected chi connectivity index (χ0v) is 22.3. The van der Waals surface area contributed by atoms with Crippen LogP contribution in [0.25, 0.3) is 10.4 Å². The Bertz CT molecular complexity index is 1320. The largest absolute Gasteiger partial charge is 0.341 e. The smallest absolute Gasteiger partial charge is 0.245 e. The number of nitrogens with one attached hydrogen (secondary N) is 1. The lowest BCUT2D eigenvalue weighted by molar-refractivity contribution is -0.130. The molecule has 1 atom stereocenters. The Morgan fingerprint density at radius 1 is 1.11 bits per heavy atom. The molecule has 2 amide bonds. The van der Waals surface area contributed by atoms with Crippen molar-refractivity contribution in [3.05, 3.63) is 76.4 Å². The summed E-state index contributed by atoms with van der Waals surface area (Å²) in [5.41, 5.74) is 3.04. The molecule has 1 fully saturated rings. The van der Waals surface area contributed by atoms with Crippen LogP contribution in [-0.4, -0.2) is 54.2 Å². The van der Waals surface area contributed by atoms with Crippen molar-refractivity contribution in [2.45, 2.75) is 24.0 Å². The molecule has 0 spiro atoms. The molecule has 0 radical (unpaired) electrons. The number of carbonyl (C=O) groups is 2. The highest BCUT2D eigenvalue weighted by Gasteiger charge is 2.49. The van der Waals surface area contributed by atoms with Crippen molar-refractivity contribution in [3.8, 4) is 10.4 Å². The third-order valence-electron chi connectivity index (χ3n) is 6.18. The number of benzene rings is 1. The molecule has 8 nitrogen and oxygen atoms in total. The van der Waals surface area contributed by atoms with Gasteiger partial charge in [0.1, 0.15) is 4.75 Å². The quantitative estimate of drug-likeness (QED) is 0.344. The van der Waals surface area contributed by atoms with Gasteiger partial charge in [0.25, 0.3) is 0 Å². The number of thiophene rings is 1. The Balaban J connectivity index is 0.00000361. The van der Waals surface area contributed by atoms with Crippen molar-refractivity contribution in [3.63, 3.8) is 0 Å². The summed E-state index contributed by atoms with van der Waals surface area (Å²) >= 11 is 7.26. The second-order valence-corrected chi connectivity index (χ2v) is 12.3. The van der Waals surface area contributed by atoms with Crippen molar-refractivity contribution in [1.29, 1.82) is 0 Å². The number of amides is 2. The van der Waals surface area contributed by atoms with Gasteiger partial charge in [-0.15, -0.1) is 23.7 Å². The summed E-state index contributed by atoms with van der Waals surface area (Å²) in [6.45, 7) is 0.170. The SMILES string of the molecule is Cl.O=C(C[C@]1(c2ccc(-c3ccc(Cl)cc3)s2)CCN(C(=O)Cc2ccccn2)CCS1(=O)=O)NO. The fourth-order valence-electron chi connectivity index (χ4n) is 4.24. The monoisotopic (exact) mass is 569 g/mol. The molecule has 36 heavy (non-hydrogen) atoms. The van der Waals surface area contributed by atoms with E-state index in [9.17, 15) is 23.2 Å². The first-order chi connectivity index (χ1) is 16.7. The van der Waals surface area contributed by atoms with Crippen LogP contribution in [0.15, 0.2) is 60.8 Å². The summed E-state index contributed by atoms with van der Waals surface area (Å²) in [7, 11) is -3.89. The highest BCUT2D eigenvalue weighted by Crippen LogP contribution is 2.45. The first-order valence-electron chi connectivity index (χ1n) is 10.9. The van der Waals surface area contributed by atoms with Crippen LogP contribution in [0.5, 0.6) is 0 Å². The van der Waals surface area contributed by atoms with Gasteiger partial charge >= 0.3 is 0 Å². The maximum atomic E-state index is 13.7. The second-order valence-electron chi connectivity index (χ2n) is 8.32. The molecule has 1 aliphatic heterocycles. The molecule has 1 aromatic carbocycles. The molecule has 3 aromatic rings. The Morgan fingerprint density at radius 3 is 2.53 bits per heavy atom. The Kier molecular flexibility index (Phi) is 9.13. The van der Waals surface area contributed by atoms with Gasteiger partial charge in [0.05, 0.1) is 18.6 Å². The first-order valence-corrected chi connectivity index (χ1v) is 13.8. The maximum Gasteiger partial charge on any atom is 0.245 e. The van der Waals surface area contributed by atoms with Gasteiger partial charge in [-0.25, -0.2) is 13.9 Å². The minimum atomic E-state index is -3.89. The fourth-order valence-corrected chi connectivity index (χ4v) is 7.97. The number of hydrogen-bond donors (Lipinski definition) is 2. The van der Waals surface area contributed by atoms with E-state index in [0.717, 1.165) is 10.4 Å². The van der Waals surface area contributed by atoms with Gasteiger partial charge in [-0.2, -0.15) is 0 Å². The van der Waals surface area contributed by atoms with E-state index in [0.29, 0.717) is 15.6 Å². The molecule has 1 aliphatic rings. The minimum absolute atomic E-state index is 0. The normalized spacial score (nSPS) is 19.1. The van der Waals surface area contributed by atoms with Crippen LogP contribution >= 0.6 is 35.3 Å². The number of nitrogens with zero attached hydrogens (tertiary/aromatic N) is 2. The van der Waals surface area contributed by atoms with Crippen LogP contribution in [0, 0.1) is 0 Å². The van der Waals surface area contributed by atoms with Crippen LogP contribution in [0.3, 0.4) is 0 Å². The van der Waals surface area contributed by atoms with Gasteiger partial charge in [-0.05, 0) is 48.4 Å². The van der Waals surface area contributed by atoms with E-state index in [2.05, 4.69) is 4.98 Å². The second kappa shape index (κ2) is 11.7. The topological polar surface area (TPSA) is 117 Å². The highest BCUT2D eigenvalue weighted by atomic mass is 35.5. The number of halogens is 2. The number of carbonyl (C=O) groups excluding carboxylic acids is 2. The molecule has 0 unspecified atom stereocenters. The highest BCUT2D eigenvalue weighted by molar-refractivity contribution is 7.92. The lowest BCUT2D eigenvalue weighted by Gasteiger charge is -2.30. The lowest BCUT2D eigenvalue weighted by Crippen LogP contribution is -2.41. The summed E-state index contributed by atoms with van der Waals surface area (Å²) in [4.78, 5) is 32.2. The van der Waals surface area contributed by atoms with E-state index in [1.165, 1.54) is 16.2 Å². The minimum Gasteiger partial charge on any atom is -0.341 e. The molecule has 4 rings (SSSR count). The van der Waals surface area contributed by atoms with Gasteiger partial charge in [-0.1, -0.05) is 29.8 Å². The van der Waals surface area contributed by atoms with E-state index < -0.39 is 26.9 Å². The average Bonchev–Trinajstić information content (AvgIpc) is 3.29. The number of pyridine rings is 1. The van der Waals surface area contributed by atoms with Gasteiger partial charge in [0.2, 0.25) is 11.8 Å². The van der Waals surface area contributed by atoms with Gasteiger partial charge < -0.3 is 4.90 Å². The van der Waals surface area contributed by atoms with Crippen LogP contribution in [0.2, 0.25) is 5.02 Å². The average molecular weight is 571 g/mol. The maximum absolute atomic E-state index is 13.7. The fraction of sp³-hybridized carbons (Fsp3) is 0.292. The lowest BCUT2D eigenvalue weighted by atomic mass is 9.97. The zero-order chi connectivity index (χ0) is 25.1. The predicted octanol–water partition coefficient (Wildman–Crippen LogP) is 3.87. The Labute approximate surface area is 224 Å². The van der Waals surface area contributed by atoms with Crippen LogP contribution in [-0.2, 0) is 30.6 Å².